The van der Waals surface area contributed by atoms with Gasteiger partial charge in [-0.2, -0.15) is 0 Å². The van der Waals surface area contributed by atoms with Crippen LogP contribution in [0.4, 0.5) is 5.13 Å². The summed E-state index contributed by atoms with van der Waals surface area (Å²) in [4.78, 5) is 23.7. The van der Waals surface area contributed by atoms with Crippen LogP contribution in [-0.2, 0) is 17.9 Å². The summed E-state index contributed by atoms with van der Waals surface area (Å²) in [6, 6.07) is 8.29. The third-order valence-electron chi connectivity index (χ3n) is 5.04. The number of carbonyl (C=O) groups is 1. The lowest BCUT2D eigenvalue weighted by molar-refractivity contribution is -0.121. The normalized spacial score (nSPS) is 16.2. The fourth-order valence-corrected chi connectivity index (χ4v) is 4.18. The number of rotatable bonds is 5. The smallest absolute Gasteiger partial charge is 0.229 e. The molecule has 0 atom stereocenters. The Hall–Kier alpha value is -2.25. The maximum atomic E-state index is 12.4. The van der Waals surface area contributed by atoms with Crippen LogP contribution >= 0.6 is 11.3 Å². The van der Waals surface area contributed by atoms with Gasteiger partial charge in [0.1, 0.15) is 5.82 Å². The molecule has 26 heavy (non-hydrogen) atoms. The van der Waals surface area contributed by atoms with Crippen molar-refractivity contribution in [2.45, 2.75) is 32.9 Å². The molecule has 0 unspecified atom stereocenters. The van der Waals surface area contributed by atoms with Crippen molar-refractivity contribution in [2.75, 3.05) is 18.4 Å². The first kappa shape index (κ1) is 17.2. The molecule has 1 N–H and O–H groups in total. The molecule has 0 radical (unpaired) electrons. The summed E-state index contributed by atoms with van der Waals surface area (Å²) >= 11 is 1.46. The molecule has 0 aliphatic carbocycles. The van der Waals surface area contributed by atoms with Gasteiger partial charge < -0.3 is 9.88 Å². The Morgan fingerprint density at radius 1 is 1.31 bits per heavy atom. The highest BCUT2D eigenvalue weighted by Gasteiger charge is 2.26. The fourth-order valence-electron chi connectivity index (χ4n) is 3.64. The number of likely N-dealkylation sites (tertiary alicyclic amines) is 1. The minimum Gasteiger partial charge on any atom is -0.327 e. The number of hydrogen-bond donors (Lipinski definition) is 1. The Morgan fingerprint density at radius 3 is 2.85 bits per heavy atom. The highest BCUT2D eigenvalue weighted by Crippen LogP contribution is 2.23. The molecular formula is C19H23N5OS. The van der Waals surface area contributed by atoms with Gasteiger partial charge in [-0.05, 0) is 45.0 Å². The van der Waals surface area contributed by atoms with Crippen molar-refractivity contribution in [3.63, 3.8) is 0 Å². The number of fused-ring (bicyclic) bond motifs is 1. The number of aromatic nitrogens is 3. The van der Waals surface area contributed by atoms with Crippen LogP contribution in [0.25, 0.3) is 11.0 Å². The molecule has 1 aliphatic rings. The molecule has 1 aliphatic heterocycles. The van der Waals surface area contributed by atoms with Gasteiger partial charge in [0.2, 0.25) is 5.91 Å². The van der Waals surface area contributed by atoms with Crippen LogP contribution < -0.4 is 5.32 Å². The average molecular weight is 369 g/mol. The topological polar surface area (TPSA) is 63.1 Å². The zero-order valence-corrected chi connectivity index (χ0v) is 15.7. The summed E-state index contributed by atoms with van der Waals surface area (Å²) in [6.45, 7) is 5.75. The molecule has 2 aromatic heterocycles. The Kier molecular flexibility index (Phi) is 4.99. The largest absolute Gasteiger partial charge is 0.327 e. The number of piperidine rings is 1. The summed E-state index contributed by atoms with van der Waals surface area (Å²) < 4.78 is 2.29. The molecule has 4 rings (SSSR count). The van der Waals surface area contributed by atoms with Crippen LogP contribution in [0.5, 0.6) is 0 Å². The third kappa shape index (κ3) is 3.50. The average Bonchev–Trinajstić information content (AvgIpc) is 3.29. The molecule has 0 saturated carbocycles. The zero-order valence-electron chi connectivity index (χ0n) is 14.9. The van der Waals surface area contributed by atoms with E-state index in [-0.39, 0.29) is 11.8 Å². The second kappa shape index (κ2) is 7.55. The van der Waals surface area contributed by atoms with Gasteiger partial charge >= 0.3 is 0 Å². The molecule has 6 nitrogen and oxygen atoms in total. The minimum atomic E-state index is 0.0696. The number of carbonyl (C=O) groups excluding carboxylic acids is 1. The van der Waals surface area contributed by atoms with Gasteiger partial charge in [0.05, 0.1) is 17.6 Å². The quantitative estimate of drug-likeness (QED) is 0.749. The number of benzene rings is 1. The van der Waals surface area contributed by atoms with Gasteiger partial charge in [-0.25, -0.2) is 9.97 Å². The van der Waals surface area contributed by atoms with Crippen LogP contribution in [-0.4, -0.2) is 38.4 Å². The zero-order chi connectivity index (χ0) is 17.9. The monoisotopic (exact) mass is 369 g/mol. The lowest BCUT2D eigenvalue weighted by atomic mass is 9.96. The van der Waals surface area contributed by atoms with E-state index in [4.69, 9.17) is 4.98 Å². The molecule has 1 aromatic carbocycles. The van der Waals surface area contributed by atoms with Crippen molar-refractivity contribution >= 4 is 33.4 Å². The standard InChI is InChI=1S/C19H23N5OS/c1-2-24-16-6-4-3-5-15(16)21-17(24)13-23-10-7-14(8-11-23)18(25)22-19-20-9-12-26-19/h3-6,9,12,14H,2,7-8,10-11,13H2,1H3,(H,20,22,25). The number of thiazole rings is 1. The molecule has 1 fully saturated rings. The van der Waals surface area contributed by atoms with E-state index in [1.54, 1.807) is 6.20 Å². The van der Waals surface area contributed by atoms with Crippen LogP contribution in [0, 0.1) is 5.92 Å². The van der Waals surface area contributed by atoms with Gasteiger partial charge in [-0.3, -0.25) is 9.69 Å². The first-order valence-electron chi connectivity index (χ1n) is 9.11. The Balaban J connectivity index is 1.37. The van der Waals surface area contributed by atoms with Gasteiger partial charge in [0, 0.05) is 24.0 Å². The van der Waals surface area contributed by atoms with Crippen LogP contribution in [0.2, 0.25) is 0 Å². The summed E-state index contributed by atoms with van der Waals surface area (Å²) in [5.74, 6) is 1.28. The molecule has 3 aromatic rings. The minimum absolute atomic E-state index is 0.0696. The number of anilines is 1. The van der Waals surface area contributed by atoms with E-state index >= 15 is 0 Å². The predicted molar refractivity (Wildman–Crippen MR) is 104 cm³/mol. The molecular weight excluding hydrogens is 346 g/mol. The number of imidazole rings is 1. The lowest BCUT2D eigenvalue weighted by Crippen LogP contribution is -2.38. The van der Waals surface area contributed by atoms with Crippen molar-refractivity contribution in [3.05, 3.63) is 41.7 Å². The highest BCUT2D eigenvalue weighted by atomic mass is 32.1. The first-order valence-corrected chi connectivity index (χ1v) is 9.99. The number of para-hydroxylation sites is 2. The van der Waals surface area contributed by atoms with Crippen molar-refractivity contribution in [3.8, 4) is 0 Å². The van der Waals surface area contributed by atoms with Gasteiger partial charge in [0.15, 0.2) is 5.13 Å². The molecule has 0 spiro atoms. The van der Waals surface area contributed by atoms with E-state index in [2.05, 4.69) is 44.9 Å². The van der Waals surface area contributed by atoms with Crippen LogP contribution in [0.15, 0.2) is 35.8 Å². The lowest BCUT2D eigenvalue weighted by Gasteiger charge is -2.30. The summed E-state index contributed by atoms with van der Waals surface area (Å²) in [5, 5.41) is 5.49. The summed E-state index contributed by atoms with van der Waals surface area (Å²) in [6.07, 6.45) is 3.47. The number of amides is 1. The fraction of sp³-hybridized carbons (Fsp3) is 0.421. The van der Waals surface area contributed by atoms with Crippen molar-refractivity contribution in [1.82, 2.24) is 19.4 Å². The summed E-state index contributed by atoms with van der Waals surface area (Å²) in [5.41, 5.74) is 2.25. The first-order chi connectivity index (χ1) is 12.7. The second-order valence-electron chi connectivity index (χ2n) is 6.64. The Labute approximate surface area is 156 Å². The SMILES string of the molecule is CCn1c(CN2CCC(C(=O)Nc3nccs3)CC2)nc2ccccc21. The Morgan fingerprint density at radius 2 is 2.12 bits per heavy atom. The maximum Gasteiger partial charge on any atom is 0.229 e. The molecule has 7 heteroatoms. The molecule has 1 amide bonds. The van der Waals surface area contributed by atoms with Crippen molar-refractivity contribution in [2.24, 2.45) is 5.92 Å². The number of hydrogen-bond acceptors (Lipinski definition) is 5. The number of nitrogens with one attached hydrogen (secondary N) is 1. The van der Waals surface area contributed by atoms with E-state index < -0.39 is 0 Å². The van der Waals surface area contributed by atoms with Gasteiger partial charge in [-0.1, -0.05) is 12.1 Å². The van der Waals surface area contributed by atoms with E-state index in [1.165, 1.54) is 16.9 Å². The molecule has 1 saturated heterocycles. The van der Waals surface area contributed by atoms with Gasteiger partial charge in [-0.15, -0.1) is 11.3 Å². The molecule has 136 valence electrons. The second-order valence-corrected chi connectivity index (χ2v) is 7.53. The summed E-state index contributed by atoms with van der Waals surface area (Å²) in [7, 11) is 0. The van der Waals surface area contributed by atoms with E-state index in [1.807, 2.05) is 11.4 Å². The Bertz CT molecular complexity index is 881. The van der Waals surface area contributed by atoms with Gasteiger partial charge in [0.25, 0.3) is 0 Å². The maximum absolute atomic E-state index is 12.4. The number of nitrogens with zero attached hydrogens (tertiary/aromatic N) is 4. The van der Waals surface area contributed by atoms with Crippen LogP contribution in [0.1, 0.15) is 25.6 Å². The molecule has 3 heterocycles. The van der Waals surface area contributed by atoms with E-state index in [9.17, 15) is 4.79 Å². The predicted octanol–water partition coefficient (Wildman–Crippen LogP) is 3.36. The van der Waals surface area contributed by atoms with E-state index in [0.717, 1.165) is 50.4 Å². The third-order valence-corrected chi connectivity index (χ3v) is 5.72. The van der Waals surface area contributed by atoms with Crippen LogP contribution in [0.3, 0.4) is 0 Å². The highest BCUT2D eigenvalue weighted by molar-refractivity contribution is 7.13. The van der Waals surface area contributed by atoms with Crippen molar-refractivity contribution < 1.29 is 4.79 Å². The number of aryl methyl sites for hydroxylation is 1. The van der Waals surface area contributed by atoms with Crippen molar-refractivity contribution in [1.29, 1.82) is 0 Å². The van der Waals surface area contributed by atoms with E-state index in [0.29, 0.717) is 5.13 Å². The molecule has 0 bridgehead atoms.